The molecule has 0 saturated carbocycles. The topological polar surface area (TPSA) is 59.4 Å². The van der Waals surface area contributed by atoms with Gasteiger partial charge in [0.1, 0.15) is 16.5 Å². The van der Waals surface area contributed by atoms with Crippen molar-refractivity contribution in [3.8, 4) is 22.1 Å². The first kappa shape index (κ1) is 17.7. The number of hydrogen-bond acceptors (Lipinski definition) is 4. The van der Waals surface area contributed by atoms with Gasteiger partial charge in [0.2, 0.25) is 0 Å². The normalized spacial score (nSPS) is 9.91. The number of benzene rings is 2. The predicted molar refractivity (Wildman–Crippen MR) is 85.4 cm³/mol. The molecule has 6 heteroatoms. The summed E-state index contributed by atoms with van der Waals surface area (Å²) >= 11 is 1.43. The molecular weight excluding hydrogens is 321 g/mol. The minimum Gasteiger partial charge on any atom is -0.481 e. The summed E-state index contributed by atoms with van der Waals surface area (Å²) < 4.78 is 5.79. The maximum atomic E-state index is 10.7. The quantitative estimate of drug-likeness (QED) is 0.713. The number of para-hydroxylation sites is 1. The van der Waals surface area contributed by atoms with E-state index in [0.717, 1.165) is 22.1 Å². The molecule has 2 aromatic carbocycles. The molecular formula is C17H13NNaO3S+. The first-order chi connectivity index (χ1) is 10.7. The molecule has 110 valence electrons. The van der Waals surface area contributed by atoms with Gasteiger partial charge in [0.25, 0.3) is 0 Å². The minimum absolute atomic E-state index is 0. The number of carboxylic acids is 1. The second kappa shape index (κ2) is 8.26. The molecule has 0 unspecified atom stereocenters. The summed E-state index contributed by atoms with van der Waals surface area (Å²) in [5, 5.41) is 11.4. The molecule has 1 aromatic heterocycles. The average molecular weight is 334 g/mol. The number of rotatable bonds is 5. The Bertz CT molecular complexity index is 789. The van der Waals surface area contributed by atoms with Crippen LogP contribution in [0.25, 0.3) is 10.6 Å². The van der Waals surface area contributed by atoms with Crippen LogP contribution in [0.15, 0.2) is 60.0 Å². The molecule has 0 atom stereocenters. The molecule has 0 aliphatic carbocycles. The minimum atomic E-state index is -0.877. The molecule has 0 saturated heterocycles. The van der Waals surface area contributed by atoms with Crippen molar-refractivity contribution < 1.29 is 44.2 Å². The third kappa shape index (κ3) is 4.91. The van der Waals surface area contributed by atoms with E-state index in [2.05, 4.69) is 4.98 Å². The largest absolute Gasteiger partial charge is 1.00 e. The van der Waals surface area contributed by atoms with E-state index in [0.29, 0.717) is 5.69 Å². The van der Waals surface area contributed by atoms with Gasteiger partial charge in [-0.25, -0.2) is 4.98 Å². The van der Waals surface area contributed by atoms with Crippen LogP contribution < -0.4 is 34.3 Å². The Labute approximate surface area is 160 Å². The standard InChI is InChI=1S/C17H13NO3S.Na/c19-16(20)10-13-11-22-17(18-13)12-5-4-8-15(9-12)21-14-6-2-1-3-7-14;/h1-9,11H,10H2,(H,19,20);/q;+1. The summed E-state index contributed by atoms with van der Waals surface area (Å²) in [6, 6.07) is 17.1. The van der Waals surface area contributed by atoms with Gasteiger partial charge in [-0.05, 0) is 24.3 Å². The second-order valence-corrected chi connectivity index (χ2v) is 5.52. The number of thiazole rings is 1. The van der Waals surface area contributed by atoms with Crippen LogP contribution in [-0.2, 0) is 11.2 Å². The molecule has 4 nitrogen and oxygen atoms in total. The molecule has 1 heterocycles. The number of aromatic nitrogens is 1. The predicted octanol–water partition coefficient (Wildman–Crippen LogP) is 1.23. The van der Waals surface area contributed by atoms with Crippen LogP contribution in [0.3, 0.4) is 0 Å². The van der Waals surface area contributed by atoms with Crippen molar-refractivity contribution in [2.75, 3.05) is 0 Å². The summed E-state index contributed by atoms with van der Waals surface area (Å²) in [5.74, 6) is 0.613. The van der Waals surface area contributed by atoms with E-state index in [1.54, 1.807) is 5.38 Å². The maximum Gasteiger partial charge on any atom is 1.00 e. The Hall–Kier alpha value is -1.66. The molecule has 23 heavy (non-hydrogen) atoms. The van der Waals surface area contributed by atoms with Crippen LogP contribution in [0, 0.1) is 0 Å². The van der Waals surface area contributed by atoms with Crippen molar-refractivity contribution in [3.05, 3.63) is 65.7 Å². The van der Waals surface area contributed by atoms with E-state index < -0.39 is 5.97 Å². The van der Waals surface area contributed by atoms with Crippen LogP contribution in [0.5, 0.6) is 11.5 Å². The van der Waals surface area contributed by atoms with Gasteiger partial charge in [-0.1, -0.05) is 30.3 Å². The Kier molecular flexibility index (Phi) is 6.36. The molecule has 3 rings (SSSR count). The molecule has 3 aromatic rings. The maximum absolute atomic E-state index is 10.7. The molecule has 1 N–H and O–H groups in total. The number of nitrogens with zero attached hydrogens (tertiary/aromatic N) is 1. The first-order valence-electron chi connectivity index (χ1n) is 6.70. The van der Waals surface area contributed by atoms with Crippen molar-refractivity contribution in [3.63, 3.8) is 0 Å². The van der Waals surface area contributed by atoms with Gasteiger partial charge < -0.3 is 9.84 Å². The average Bonchev–Trinajstić information content (AvgIpc) is 2.96. The van der Waals surface area contributed by atoms with Crippen LogP contribution in [0.2, 0.25) is 0 Å². The fraction of sp³-hybridized carbons (Fsp3) is 0.0588. The molecule has 0 bridgehead atoms. The van der Waals surface area contributed by atoms with Crippen LogP contribution >= 0.6 is 11.3 Å². The van der Waals surface area contributed by atoms with Crippen molar-refractivity contribution in [2.45, 2.75) is 6.42 Å². The van der Waals surface area contributed by atoms with Gasteiger partial charge in [-0.3, -0.25) is 4.79 Å². The molecule has 0 fully saturated rings. The summed E-state index contributed by atoms with van der Waals surface area (Å²) in [5.41, 5.74) is 1.48. The van der Waals surface area contributed by atoms with E-state index in [4.69, 9.17) is 9.84 Å². The van der Waals surface area contributed by atoms with E-state index in [9.17, 15) is 4.79 Å². The van der Waals surface area contributed by atoms with Crippen molar-refractivity contribution >= 4 is 17.3 Å². The van der Waals surface area contributed by atoms with Gasteiger partial charge >= 0.3 is 35.5 Å². The zero-order valence-corrected chi connectivity index (χ0v) is 15.4. The smallest absolute Gasteiger partial charge is 0.481 e. The van der Waals surface area contributed by atoms with Crippen molar-refractivity contribution in [2.24, 2.45) is 0 Å². The Morgan fingerprint density at radius 1 is 1.09 bits per heavy atom. The fourth-order valence-corrected chi connectivity index (χ4v) is 2.81. The third-order valence-electron chi connectivity index (χ3n) is 2.94. The number of carboxylic acid groups (broad SMARTS) is 1. The van der Waals surface area contributed by atoms with E-state index in [1.807, 2.05) is 54.6 Å². The molecule has 0 spiro atoms. The summed E-state index contributed by atoms with van der Waals surface area (Å²) in [7, 11) is 0. The van der Waals surface area contributed by atoms with Crippen LogP contribution in [-0.4, -0.2) is 16.1 Å². The van der Waals surface area contributed by atoms with Gasteiger partial charge in [0.05, 0.1) is 12.1 Å². The number of carbonyl (C=O) groups is 1. The summed E-state index contributed by atoms with van der Waals surface area (Å²) in [4.78, 5) is 15.1. The molecule has 0 radical (unpaired) electrons. The second-order valence-electron chi connectivity index (χ2n) is 4.66. The van der Waals surface area contributed by atoms with Gasteiger partial charge in [-0.15, -0.1) is 11.3 Å². The Balaban J connectivity index is 0.00000192. The monoisotopic (exact) mass is 334 g/mol. The third-order valence-corrected chi connectivity index (χ3v) is 3.88. The Morgan fingerprint density at radius 3 is 2.57 bits per heavy atom. The van der Waals surface area contributed by atoms with Crippen LogP contribution in [0.4, 0.5) is 0 Å². The fourth-order valence-electron chi connectivity index (χ4n) is 1.99. The Morgan fingerprint density at radius 2 is 1.83 bits per heavy atom. The number of aliphatic carboxylic acids is 1. The van der Waals surface area contributed by atoms with E-state index >= 15 is 0 Å². The zero-order chi connectivity index (χ0) is 15.4. The van der Waals surface area contributed by atoms with Gasteiger partial charge in [0.15, 0.2) is 0 Å². The van der Waals surface area contributed by atoms with Gasteiger partial charge in [-0.2, -0.15) is 0 Å². The molecule has 0 amide bonds. The first-order valence-corrected chi connectivity index (χ1v) is 7.58. The molecule has 0 aliphatic heterocycles. The summed E-state index contributed by atoms with van der Waals surface area (Å²) in [6.07, 6.45) is -0.0588. The van der Waals surface area contributed by atoms with E-state index in [-0.39, 0.29) is 36.0 Å². The summed E-state index contributed by atoms with van der Waals surface area (Å²) in [6.45, 7) is 0. The molecule has 0 aliphatic rings. The van der Waals surface area contributed by atoms with Gasteiger partial charge in [0, 0.05) is 10.9 Å². The van der Waals surface area contributed by atoms with Crippen molar-refractivity contribution in [1.82, 2.24) is 4.98 Å². The van der Waals surface area contributed by atoms with Crippen molar-refractivity contribution in [1.29, 1.82) is 0 Å². The SMILES string of the molecule is O=C(O)Cc1csc(-c2cccc(Oc3ccccc3)c2)n1.[Na+]. The van der Waals surface area contributed by atoms with E-state index in [1.165, 1.54) is 11.3 Å². The number of ether oxygens (including phenoxy) is 1. The zero-order valence-electron chi connectivity index (χ0n) is 12.6. The number of hydrogen-bond donors (Lipinski definition) is 1. The van der Waals surface area contributed by atoms with Crippen LogP contribution in [0.1, 0.15) is 5.69 Å².